The molecule has 8 heteroatoms. The highest BCUT2D eigenvalue weighted by Gasteiger charge is 2.33. The number of amides is 1. The lowest BCUT2D eigenvalue weighted by atomic mass is 10.3. The Labute approximate surface area is 107 Å². The molecule has 0 spiro atoms. The first-order valence-electron chi connectivity index (χ1n) is 4.78. The molecular formula is C9H8ClN3O3S. The van der Waals surface area contributed by atoms with Crippen molar-refractivity contribution < 1.29 is 9.72 Å². The van der Waals surface area contributed by atoms with Gasteiger partial charge < -0.3 is 0 Å². The van der Waals surface area contributed by atoms with Gasteiger partial charge in [-0.1, -0.05) is 11.6 Å². The van der Waals surface area contributed by atoms with Gasteiger partial charge in [0.25, 0.3) is 0 Å². The Morgan fingerprint density at radius 1 is 1.59 bits per heavy atom. The van der Waals surface area contributed by atoms with Crippen LogP contribution in [0, 0.1) is 10.1 Å². The van der Waals surface area contributed by atoms with Gasteiger partial charge in [0.05, 0.1) is 4.92 Å². The van der Waals surface area contributed by atoms with Gasteiger partial charge in [-0.25, -0.2) is 4.98 Å². The predicted octanol–water partition coefficient (Wildman–Crippen LogP) is 1.68. The fourth-order valence-electron chi connectivity index (χ4n) is 1.65. The maximum atomic E-state index is 11.6. The van der Waals surface area contributed by atoms with Gasteiger partial charge in [0.2, 0.25) is 11.7 Å². The SMILES string of the molecule is O=C1CC(S)CN1c1nc(Cl)ccc1[N+](=O)[O-]. The normalized spacial score (nSPS) is 19.8. The Balaban J connectivity index is 2.46. The maximum Gasteiger partial charge on any atom is 0.312 e. The molecule has 2 rings (SSSR count). The number of hydrogen-bond donors (Lipinski definition) is 1. The van der Waals surface area contributed by atoms with Gasteiger partial charge in [0.1, 0.15) is 5.15 Å². The summed E-state index contributed by atoms with van der Waals surface area (Å²) < 4.78 is 0. The summed E-state index contributed by atoms with van der Waals surface area (Å²) in [6.45, 7) is 0.302. The summed E-state index contributed by atoms with van der Waals surface area (Å²) in [6.07, 6.45) is 0.245. The summed E-state index contributed by atoms with van der Waals surface area (Å²) in [4.78, 5) is 27.0. The van der Waals surface area contributed by atoms with Crippen LogP contribution in [0.5, 0.6) is 0 Å². The van der Waals surface area contributed by atoms with Gasteiger partial charge >= 0.3 is 5.69 Å². The number of carbonyl (C=O) groups excluding carboxylic acids is 1. The van der Waals surface area contributed by atoms with Crippen LogP contribution in [0.2, 0.25) is 5.15 Å². The minimum Gasteiger partial charge on any atom is -0.290 e. The topological polar surface area (TPSA) is 76.3 Å². The number of pyridine rings is 1. The first kappa shape index (κ1) is 12.1. The van der Waals surface area contributed by atoms with Crippen molar-refractivity contribution in [1.29, 1.82) is 0 Å². The van der Waals surface area contributed by atoms with Crippen molar-refractivity contribution in [2.24, 2.45) is 0 Å². The third-order valence-electron chi connectivity index (χ3n) is 2.38. The lowest BCUT2D eigenvalue weighted by Gasteiger charge is -2.14. The van der Waals surface area contributed by atoms with Crippen LogP contribution in [0.25, 0.3) is 0 Å². The van der Waals surface area contributed by atoms with E-state index >= 15 is 0 Å². The van der Waals surface area contributed by atoms with E-state index in [2.05, 4.69) is 17.6 Å². The molecule has 1 aromatic rings. The van der Waals surface area contributed by atoms with E-state index in [0.29, 0.717) is 6.54 Å². The van der Waals surface area contributed by atoms with E-state index in [-0.39, 0.29) is 34.2 Å². The van der Waals surface area contributed by atoms with Crippen molar-refractivity contribution in [2.75, 3.05) is 11.4 Å². The molecule has 17 heavy (non-hydrogen) atoms. The molecule has 1 aliphatic rings. The number of halogens is 1. The Morgan fingerprint density at radius 3 is 2.82 bits per heavy atom. The van der Waals surface area contributed by atoms with Gasteiger partial charge in [-0.05, 0) is 6.07 Å². The van der Waals surface area contributed by atoms with E-state index in [1.807, 2.05) is 0 Å². The summed E-state index contributed by atoms with van der Waals surface area (Å²) >= 11 is 9.87. The quantitative estimate of drug-likeness (QED) is 0.385. The maximum absolute atomic E-state index is 11.6. The van der Waals surface area contributed by atoms with E-state index in [0.717, 1.165) is 0 Å². The summed E-state index contributed by atoms with van der Waals surface area (Å²) in [6, 6.07) is 2.56. The number of nitro groups is 1. The molecule has 1 aromatic heterocycles. The first-order valence-corrected chi connectivity index (χ1v) is 5.68. The fraction of sp³-hybridized carbons (Fsp3) is 0.333. The van der Waals surface area contributed by atoms with Crippen LogP contribution in [0.3, 0.4) is 0 Å². The number of nitrogens with zero attached hydrogens (tertiary/aromatic N) is 3. The van der Waals surface area contributed by atoms with E-state index in [9.17, 15) is 14.9 Å². The van der Waals surface area contributed by atoms with Gasteiger partial charge in [-0.15, -0.1) is 0 Å². The van der Waals surface area contributed by atoms with Crippen LogP contribution in [0.4, 0.5) is 11.5 Å². The Kier molecular flexibility index (Phi) is 3.21. The van der Waals surface area contributed by atoms with Crippen molar-refractivity contribution in [2.45, 2.75) is 11.7 Å². The summed E-state index contributed by atoms with van der Waals surface area (Å²) in [5.74, 6) is -0.244. The first-order chi connectivity index (χ1) is 7.99. The highest BCUT2D eigenvalue weighted by Crippen LogP contribution is 2.31. The zero-order chi connectivity index (χ0) is 12.6. The van der Waals surface area contributed by atoms with E-state index in [1.54, 1.807) is 0 Å². The van der Waals surface area contributed by atoms with Crippen LogP contribution in [-0.2, 0) is 4.79 Å². The average molecular weight is 274 g/mol. The van der Waals surface area contributed by atoms with Crippen LogP contribution in [0.15, 0.2) is 12.1 Å². The number of rotatable bonds is 2. The molecule has 1 fully saturated rings. The van der Waals surface area contributed by atoms with Crippen molar-refractivity contribution in [3.8, 4) is 0 Å². The van der Waals surface area contributed by atoms with E-state index < -0.39 is 4.92 Å². The van der Waals surface area contributed by atoms with E-state index in [4.69, 9.17) is 11.6 Å². The number of anilines is 1. The summed E-state index contributed by atoms with van der Waals surface area (Å²) in [5.41, 5.74) is -0.231. The van der Waals surface area contributed by atoms with Crippen LogP contribution < -0.4 is 4.90 Å². The van der Waals surface area contributed by atoms with Gasteiger partial charge in [0.15, 0.2) is 0 Å². The zero-order valence-corrected chi connectivity index (χ0v) is 10.2. The molecule has 2 heterocycles. The van der Waals surface area contributed by atoms with Gasteiger partial charge in [-0.2, -0.15) is 12.6 Å². The second-order valence-electron chi connectivity index (χ2n) is 3.60. The van der Waals surface area contributed by atoms with Gasteiger partial charge in [0, 0.05) is 24.3 Å². The molecule has 0 N–H and O–H groups in total. The summed E-state index contributed by atoms with van der Waals surface area (Å²) in [7, 11) is 0. The van der Waals surface area contributed by atoms with Crippen molar-refractivity contribution in [3.63, 3.8) is 0 Å². The highest BCUT2D eigenvalue weighted by molar-refractivity contribution is 7.81. The molecule has 1 amide bonds. The molecule has 0 aromatic carbocycles. The van der Waals surface area contributed by atoms with Crippen LogP contribution in [0.1, 0.15) is 6.42 Å². The molecule has 1 aliphatic heterocycles. The lowest BCUT2D eigenvalue weighted by Crippen LogP contribution is -2.26. The predicted molar refractivity (Wildman–Crippen MR) is 65.6 cm³/mol. The van der Waals surface area contributed by atoms with E-state index in [1.165, 1.54) is 17.0 Å². The number of thiol groups is 1. The Morgan fingerprint density at radius 2 is 2.29 bits per heavy atom. The minimum absolute atomic E-state index is 0.0101. The molecule has 0 saturated carbocycles. The molecule has 1 atom stereocenters. The second kappa shape index (κ2) is 4.50. The standard InChI is InChI=1S/C9H8ClN3O3S/c10-7-2-1-6(13(15)16)9(11-7)12-4-5(17)3-8(12)14/h1-2,5,17H,3-4H2. The van der Waals surface area contributed by atoms with Gasteiger partial charge in [-0.3, -0.25) is 19.8 Å². The summed E-state index contributed by atoms with van der Waals surface area (Å²) in [5, 5.41) is 10.8. The van der Waals surface area contributed by atoms with Crippen molar-refractivity contribution in [1.82, 2.24) is 4.98 Å². The number of carbonyl (C=O) groups is 1. The Hall–Kier alpha value is -1.34. The molecule has 0 aliphatic carbocycles. The van der Waals surface area contributed by atoms with Crippen LogP contribution in [-0.4, -0.2) is 27.6 Å². The average Bonchev–Trinajstić information content (AvgIpc) is 2.57. The van der Waals surface area contributed by atoms with Crippen LogP contribution >= 0.6 is 24.2 Å². The number of hydrogen-bond acceptors (Lipinski definition) is 5. The molecule has 1 saturated heterocycles. The Bertz CT molecular complexity index is 496. The molecular weight excluding hydrogens is 266 g/mol. The smallest absolute Gasteiger partial charge is 0.290 e. The molecule has 0 radical (unpaired) electrons. The molecule has 0 bridgehead atoms. The van der Waals surface area contributed by atoms with Crippen molar-refractivity contribution >= 4 is 41.6 Å². The molecule has 1 unspecified atom stereocenters. The minimum atomic E-state index is -0.586. The molecule has 6 nitrogen and oxygen atoms in total. The monoisotopic (exact) mass is 273 g/mol. The largest absolute Gasteiger partial charge is 0.312 e. The third kappa shape index (κ3) is 2.34. The van der Waals surface area contributed by atoms with Crippen molar-refractivity contribution in [3.05, 3.63) is 27.4 Å². The highest BCUT2D eigenvalue weighted by atomic mass is 35.5. The molecule has 90 valence electrons. The third-order valence-corrected chi connectivity index (χ3v) is 2.93. The second-order valence-corrected chi connectivity index (χ2v) is 4.71. The lowest BCUT2D eigenvalue weighted by molar-refractivity contribution is -0.384. The zero-order valence-electron chi connectivity index (χ0n) is 8.54. The fourth-order valence-corrected chi connectivity index (χ4v) is 2.12. The number of aromatic nitrogens is 1.